The first-order valence-corrected chi connectivity index (χ1v) is 6.73. The zero-order valence-electron chi connectivity index (χ0n) is 10.6. The topological polar surface area (TPSA) is 109 Å². The van der Waals surface area contributed by atoms with Crippen molar-refractivity contribution in [3.63, 3.8) is 0 Å². The van der Waals surface area contributed by atoms with Gasteiger partial charge in [-0.1, -0.05) is 6.07 Å². The summed E-state index contributed by atoms with van der Waals surface area (Å²) in [5.74, 6) is -3.45. The predicted molar refractivity (Wildman–Crippen MR) is 71.8 cm³/mol. The maximum atomic E-state index is 11.8. The summed E-state index contributed by atoms with van der Waals surface area (Å²) in [6, 6.07) is 6.77. The Balaban J connectivity index is 2.20. The minimum absolute atomic E-state index is 0.0671. The lowest BCUT2D eigenvalue weighted by atomic mass is 10.1. The molecule has 0 bridgehead atoms. The number of carboxylic acid groups (broad SMARTS) is 2. The van der Waals surface area contributed by atoms with Gasteiger partial charge in [-0.2, -0.15) is 0 Å². The normalized spacial score (nSPS) is 10.1. The fraction of sp³-hybridized carbons (Fsp3) is 0.0714. The molecule has 108 valence electrons. The highest BCUT2D eigenvalue weighted by atomic mass is 32.1. The van der Waals surface area contributed by atoms with Gasteiger partial charge in [-0.15, -0.1) is 11.3 Å². The first-order chi connectivity index (χ1) is 9.95. The number of rotatable bonds is 5. The van der Waals surface area contributed by atoms with Crippen LogP contribution in [-0.4, -0.2) is 17.8 Å². The molecule has 0 spiro atoms. The molecule has 2 rings (SSSR count). The Morgan fingerprint density at radius 3 is 2.14 bits per heavy atom. The van der Waals surface area contributed by atoms with Gasteiger partial charge in [0.25, 0.3) is 0 Å². The second-order valence-electron chi connectivity index (χ2n) is 4.18. The average molecular weight is 303 g/mol. The van der Waals surface area contributed by atoms with Gasteiger partial charge in [-0.05, 0) is 40.8 Å². The number of carbonyl (C=O) groups is 3. The number of carbonyl (C=O) groups excluding carboxylic acids is 3. The summed E-state index contributed by atoms with van der Waals surface area (Å²) in [6.07, 6.45) is 0.119. The Labute approximate surface area is 123 Å². The molecule has 1 aromatic carbocycles. The highest BCUT2D eigenvalue weighted by Gasteiger charge is 2.08. The van der Waals surface area contributed by atoms with Crippen LogP contribution in [0.2, 0.25) is 0 Å². The van der Waals surface area contributed by atoms with E-state index in [1.165, 1.54) is 11.3 Å². The van der Waals surface area contributed by atoms with Gasteiger partial charge in [0.2, 0.25) is 5.91 Å². The number of anilines is 1. The SMILES string of the molecule is O=C(Cc1cccs1)Nc1cc(C(=O)[O-])cc(C(=O)[O-])c1. The van der Waals surface area contributed by atoms with Crippen molar-refractivity contribution >= 4 is 34.9 Å². The Morgan fingerprint density at radius 2 is 1.67 bits per heavy atom. The third kappa shape index (κ3) is 3.90. The van der Waals surface area contributed by atoms with Gasteiger partial charge in [-0.25, -0.2) is 0 Å². The van der Waals surface area contributed by atoms with Crippen molar-refractivity contribution in [2.75, 3.05) is 5.32 Å². The van der Waals surface area contributed by atoms with E-state index in [4.69, 9.17) is 0 Å². The van der Waals surface area contributed by atoms with Crippen LogP contribution < -0.4 is 15.5 Å². The number of hydrogen-bond donors (Lipinski definition) is 1. The van der Waals surface area contributed by atoms with Crippen molar-refractivity contribution in [3.05, 3.63) is 51.7 Å². The van der Waals surface area contributed by atoms with Crippen molar-refractivity contribution in [1.82, 2.24) is 0 Å². The highest BCUT2D eigenvalue weighted by molar-refractivity contribution is 7.10. The molecule has 0 atom stereocenters. The molecular weight excluding hydrogens is 294 g/mol. The van der Waals surface area contributed by atoms with E-state index in [0.717, 1.165) is 23.1 Å². The van der Waals surface area contributed by atoms with Crippen LogP contribution in [0.25, 0.3) is 0 Å². The third-order valence-corrected chi connectivity index (χ3v) is 3.48. The van der Waals surface area contributed by atoms with E-state index >= 15 is 0 Å². The van der Waals surface area contributed by atoms with Crippen molar-refractivity contribution in [3.8, 4) is 0 Å². The van der Waals surface area contributed by atoms with E-state index in [1.807, 2.05) is 5.38 Å². The molecule has 0 aliphatic carbocycles. The molecule has 1 N–H and O–H groups in total. The highest BCUT2D eigenvalue weighted by Crippen LogP contribution is 2.16. The van der Waals surface area contributed by atoms with Gasteiger partial charge in [0, 0.05) is 10.6 Å². The molecular formula is C14H9NO5S-2. The van der Waals surface area contributed by atoms with Crippen LogP contribution in [0.15, 0.2) is 35.7 Å². The Bertz CT molecular complexity index is 661. The molecule has 2 aromatic rings. The van der Waals surface area contributed by atoms with E-state index in [2.05, 4.69) is 5.32 Å². The average Bonchev–Trinajstić information content (AvgIpc) is 2.90. The molecule has 0 radical (unpaired) electrons. The Hall–Kier alpha value is -2.67. The molecule has 7 heteroatoms. The molecule has 21 heavy (non-hydrogen) atoms. The summed E-state index contributed by atoms with van der Waals surface area (Å²) in [5, 5.41) is 26.0. The summed E-state index contributed by atoms with van der Waals surface area (Å²) in [7, 11) is 0. The Kier molecular flexibility index (Phi) is 4.34. The zero-order chi connectivity index (χ0) is 15.4. The second-order valence-corrected chi connectivity index (χ2v) is 5.21. The number of carboxylic acids is 2. The predicted octanol–water partition coefficient (Wildman–Crippen LogP) is -0.344. The molecule has 6 nitrogen and oxygen atoms in total. The van der Waals surface area contributed by atoms with Crippen molar-refractivity contribution < 1.29 is 24.6 Å². The van der Waals surface area contributed by atoms with E-state index in [0.29, 0.717) is 0 Å². The number of nitrogens with one attached hydrogen (secondary N) is 1. The molecule has 1 aromatic heterocycles. The summed E-state index contributed by atoms with van der Waals surface area (Å²) < 4.78 is 0. The number of aromatic carboxylic acids is 2. The fourth-order valence-electron chi connectivity index (χ4n) is 1.71. The number of benzene rings is 1. The molecule has 0 saturated heterocycles. The van der Waals surface area contributed by atoms with Crippen LogP contribution in [0.3, 0.4) is 0 Å². The number of thiophene rings is 1. The van der Waals surface area contributed by atoms with Crippen LogP contribution in [0.4, 0.5) is 5.69 Å². The second kappa shape index (κ2) is 6.19. The number of amides is 1. The van der Waals surface area contributed by atoms with Crippen molar-refractivity contribution in [2.24, 2.45) is 0 Å². The lowest BCUT2D eigenvalue weighted by Crippen LogP contribution is -2.26. The maximum absolute atomic E-state index is 11.8. The van der Waals surface area contributed by atoms with Crippen molar-refractivity contribution in [2.45, 2.75) is 6.42 Å². The lowest BCUT2D eigenvalue weighted by Gasteiger charge is -2.12. The zero-order valence-corrected chi connectivity index (χ0v) is 11.4. The summed E-state index contributed by atoms with van der Waals surface area (Å²) in [5.41, 5.74) is -0.622. The van der Waals surface area contributed by atoms with Gasteiger partial charge in [-0.3, -0.25) is 4.79 Å². The van der Waals surface area contributed by atoms with E-state index < -0.39 is 11.9 Å². The first-order valence-electron chi connectivity index (χ1n) is 5.85. The van der Waals surface area contributed by atoms with Crippen LogP contribution in [0.1, 0.15) is 25.6 Å². The van der Waals surface area contributed by atoms with E-state index in [-0.39, 0.29) is 29.1 Å². The van der Waals surface area contributed by atoms with Gasteiger partial charge < -0.3 is 25.1 Å². The van der Waals surface area contributed by atoms with Crippen LogP contribution >= 0.6 is 11.3 Å². The summed E-state index contributed by atoms with van der Waals surface area (Å²) in [6.45, 7) is 0. The molecule has 1 heterocycles. The molecule has 1 amide bonds. The summed E-state index contributed by atoms with van der Waals surface area (Å²) >= 11 is 1.41. The summed E-state index contributed by atoms with van der Waals surface area (Å²) in [4.78, 5) is 34.3. The molecule has 0 unspecified atom stereocenters. The number of hydrogen-bond acceptors (Lipinski definition) is 6. The minimum Gasteiger partial charge on any atom is -0.545 e. The van der Waals surface area contributed by atoms with Gasteiger partial charge in [0.15, 0.2) is 0 Å². The molecule has 0 fully saturated rings. The van der Waals surface area contributed by atoms with Crippen molar-refractivity contribution in [1.29, 1.82) is 0 Å². The smallest absolute Gasteiger partial charge is 0.229 e. The third-order valence-electron chi connectivity index (χ3n) is 2.60. The van der Waals surface area contributed by atoms with Crippen LogP contribution in [0.5, 0.6) is 0 Å². The monoisotopic (exact) mass is 303 g/mol. The van der Waals surface area contributed by atoms with Crippen LogP contribution in [0, 0.1) is 0 Å². The quantitative estimate of drug-likeness (QED) is 0.812. The first kappa shape index (κ1) is 14.7. The largest absolute Gasteiger partial charge is 0.545 e. The molecule has 0 aliphatic heterocycles. The van der Waals surface area contributed by atoms with Crippen LogP contribution in [-0.2, 0) is 11.2 Å². The maximum Gasteiger partial charge on any atom is 0.229 e. The van der Waals surface area contributed by atoms with Gasteiger partial charge in [0.1, 0.15) is 0 Å². The standard InChI is InChI=1S/C14H11NO5S/c16-12(7-11-2-1-3-21-11)15-10-5-8(13(17)18)4-9(6-10)14(19)20/h1-6H,7H2,(H,15,16)(H,17,18)(H,19,20)/p-2. The van der Waals surface area contributed by atoms with Gasteiger partial charge in [0.05, 0.1) is 18.4 Å². The van der Waals surface area contributed by atoms with Gasteiger partial charge >= 0.3 is 0 Å². The Morgan fingerprint density at radius 1 is 1.05 bits per heavy atom. The molecule has 0 aliphatic rings. The minimum atomic E-state index is -1.54. The molecule has 0 saturated carbocycles. The lowest BCUT2D eigenvalue weighted by molar-refractivity contribution is -0.255. The fourth-order valence-corrected chi connectivity index (χ4v) is 2.42. The van der Waals surface area contributed by atoms with E-state index in [1.54, 1.807) is 12.1 Å². The van der Waals surface area contributed by atoms with E-state index in [9.17, 15) is 24.6 Å².